The lowest BCUT2D eigenvalue weighted by atomic mass is 9.88. The highest BCUT2D eigenvalue weighted by atomic mass is 14.9. The summed E-state index contributed by atoms with van der Waals surface area (Å²) in [4.78, 5) is 0. The first-order valence-corrected chi connectivity index (χ1v) is 12.6. The number of hydrogen-bond acceptors (Lipinski definition) is 1. The van der Waals surface area contributed by atoms with Crippen molar-refractivity contribution < 1.29 is 0 Å². The molecule has 0 aliphatic heterocycles. The van der Waals surface area contributed by atoms with Gasteiger partial charge in [-0.15, -0.1) is 0 Å². The number of aryl methyl sites for hydroxylation is 1. The third kappa shape index (κ3) is 5.70. The van der Waals surface area contributed by atoms with Crippen LogP contribution in [0.4, 0.5) is 0 Å². The van der Waals surface area contributed by atoms with Gasteiger partial charge >= 0.3 is 0 Å². The predicted molar refractivity (Wildman–Crippen MR) is 152 cm³/mol. The summed E-state index contributed by atoms with van der Waals surface area (Å²) < 4.78 is 0. The highest BCUT2D eigenvalue weighted by molar-refractivity contribution is 5.84. The van der Waals surface area contributed by atoms with E-state index in [1.54, 1.807) is 0 Å². The van der Waals surface area contributed by atoms with Gasteiger partial charge in [-0.1, -0.05) is 115 Å². The second kappa shape index (κ2) is 10.7. The van der Waals surface area contributed by atoms with Gasteiger partial charge in [-0.3, -0.25) is 0 Å². The monoisotopic (exact) mass is 455 g/mol. The minimum Gasteiger partial charge on any atom is -0.310 e. The van der Waals surface area contributed by atoms with Crippen LogP contribution < -0.4 is 5.32 Å². The Hall–Kier alpha value is -3.68. The van der Waals surface area contributed by atoms with Crippen LogP contribution in [0.5, 0.6) is 0 Å². The summed E-state index contributed by atoms with van der Waals surface area (Å²) in [6, 6.07) is 39.9. The average Bonchev–Trinajstić information content (AvgIpc) is 2.90. The second-order valence-corrected chi connectivity index (χ2v) is 9.61. The van der Waals surface area contributed by atoms with Crippen LogP contribution in [-0.2, 0) is 6.54 Å². The van der Waals surface area contributed by atoms with Crippen molar-refractivity contribution >= 4 is 27.6 Å². The number of hydrogen-bond donors (Lipinski definition) is 1. The molecule has 1 heteroatoms. The highest BCUT2D eigenvalue weighted by Gasteiger charge is 2.18. The molecule has 2 atom stereocenters. The molecule has 1 N–H and O–H groups in total. The molecule has 174 valence electrons. The van der Waals surface area contributed by atoms with Crippen LogP contribution in [0.3, 0.4) is 0 Å². The van der Waals surface area contributed by atoms with Crippen LogP contribution in [0.1, 0.15) is 41.5 Å². The van der Waals surface area contributed by atoms with Crippen LogP contribution in [0.15, 0.2) is 115 Å². The van der Waals surface area contributed by atoms with Crippen LogP contribution in [0.25, 0.3) is 27.6 Å². The molecule has 0 radical (unpaired) electrons. The van der Waals surface area contributed by atoms with Crippen molar-refractivity contribution in [2.45, 2.75) is 38.8 Å². The molecule has 0 saturated carbocycles. The van der Waals surface area contributed by atoms with Crippen LogP contribution in [0, 0.1) is 6.92 Å². The van der Waals surface area contributed by atoms with Crippen LogP contribution in [0.2, 0.25) is 0 Å². The summed E-state index contributed by atoms with van der Waals surface area (Å²) in [5.41, 5.74) is 5.27. The fourth-order valence-electron chi connectivity index (χ4n) is 4.87. The van der Waals surface area contributed by atoms with Crippen molar-refractivity contribution in [2.24, 2.45) is 0 Å². The highest BCUT2D eigenvalue weighted by Crippen LogP contribution is 2.26. The zero-order valence-corrected chi connectivity index (χ0v) is 20.6. The summed E-state index contributed by atoms with van der Waals surface area (Å²) in [6.45, 7) is 5.33. The Morgan fingerprint density at radius 3 is 2.03 bits per heavy atom. The molecule has 0 fully saturated rings. The summed E-state index contributed by atoms with van der Waals surface area (Å²) in [7, 11) is 0. The molecule has 0 amide bonds. The summed E-state index contributed by atoms with van der Waals surface area (Å²) in [5.74, 6) is 0.396. The van der Waals surface area contributed by atoms with Gasteiger partial charge < -0.3 is 5.32 Å². The lowest BCUT2D eigenvalue weighted by Gasteiger charge is -2.25. The Labute approximate surface area is 209 Å². The van der Waals surface area contributed by atoms with E-state index in [9.17, 15) is 0 Å². The van der Waals surface area contributed by atoms with Crippen molar-refractivity contribution in [3.63, 3.8) is 0 Å². The van der Waals surface area contributed by atoms with Crippen molar-refractivity contribution in [3.8, 4) is 0 Å². The molecule has 5 rings (SSSR count). The number of nitrogens with one attached hydrogen (secondary N) is 1. The van der Waals surface area contributed by atoms with Gasteiger partial charge in [0.1, 0.15) is 0 Å². The van der Waals surface area contributed by atoms with E-state index >= 15 is 0 Å². The van der Waals surface area contributed by atoms with Gasteiger partial charge in [0.2, 0.25) is 0 Å². The van der Waals surface area contributed by atoms with E-state index in [2.05, 4.69) is 141 Å². The van der Waals surface area contributed by atoms with Crippen molar-refractivity contribution in [3.05, 3.63) is 138 Å². The Kier molecular flexibility index (Phi) is 7.07. The summed E-state index contributed by atoms with van der Waals surface area (Å²) in [5, 5.41) is 8.98. The maximum Gasteiger partial charge on any atom is 0.0208 e. The number of rotatable bonds is 8. The van der Waals surface area contributed by atoms with E-state index in [1.165, 1.54) is 43.8 Å². The van der Waals surface area contributed by atoms with Gasteiger partial charge in [0.05, 0.1) is 0 Å². The van der Waals surface area contributed by atoms with Crippen molar-refractivity contribution in [2.75, 3.05) is 0 Å². The lowest BCUT2D eigenvalue weighted by molar-refractivity contribution is 0.460. The first-order chi connectivity index (χ1) is 17.2. The van der Waals surface area contributed by atoms with Gasteiger partial charge in [0, 0.05) is 18.5 Å². The fourth-order valence-corrected chi connectivity index (χ4v) is 4.87. The molecule has 1 nitrogen and oxygen atoms in total. The van der Waals surface area contributed by atoms with E-state index in [0.29, 0.717) is 12.0 Å². The van der Waals surface area contributed by atoms with Crippen LogP contribution in [-0.4, -0.2) is 6.04 Å². The molecule has 0 aliphatic rings. The Morgan fingerprint density at radius 2 is 1.31 bits per heavy atom. The van der Waals surface area contributed by atoms with E-state index in [-0.39, 0.29) is 0 Å². The van der Waals surface area contributed by atoms with E-state index in [4.69, 9.17) is 0 Å². The number of allylic oxidation sites excluding steroid dienone is 1. The summed E-state index contributed by atoms with van der Waals surface area (Å²) in [6.07, 6.45) is 5.59. The molecule has 0 aliphatic carbocycles. The van der Waals surface area contributed by atoms with Gasteiger partial charge in [0.25, 0.3) is 0 Å². The second-order valence-electron chi connectivity index (χ2n) is 9.61. The minimum atomic E-state index is 0.338. The fraction of sp³-hybridized carbons (Fsp3) is 0.176. The molecule has 0 aromatic heterocycles. The first kappa shape index (κ1) is 23.1. The smallest absolute Gasteiger partial charge is 0.0208 e. The third-order valence-corrected chi connectivity index (χ3v) is 7.02. The SMILES string of the molecule is Cc1ccc(C(CC=Cc2ccc3ccccc3c2)C(C)NCc2ccc3ccccc3c2)cc1. The van der Waals surface area contributed by atoms with Gasteiger partial charge in [-0.25, -0.2) is 0 Å². The minimum absolute atomic E-state index is 0.338. The Morgan fingerprint density at radius 1 is 0.686 bits per heavy atom. The first-order valence-electron chi connectivity index (χ1n) is 12.6. The topological polar surface area (TPSA) is 12.0 Å². The van der Waals surface area contributed by atoms with E-state index in [1.807, 2.05) is 0 Å². The Bertz CT molecular complexity index is 1450. The van der Waals surface area contributed by atoms with E-state index in [0.717, 1.165) is 13.0 Å². The molecular weight excluding hydrogens is 422 g/mol. The molecule has 2 unspecified atom stereocenters. The molecule has 5 aromatic rings. The zero-order valence-electron chi connectivity index (χ0n) is 20.6. The maximum atomic E-state index is 3.82. The van der Waals surface area contributed by atoms with Gasteiger partial charge in [0.15, 0.2) is 0 Å². The zero-order chi connectivity index (χ0) is 24.0. The molecule has 0 heterocycles. The largest absolute Gasteiger partial charge is 0.310 e. The normalized spacial score (nSPS) is 13.4. The number of fused-ring (bicyclic) bond motifs is 2. The maximum absolute atomic E-state index is 3.82. The molecule has 35 heavy (non-hydrogen) atoms. The predicted octanol–water partition coefficient (Wildman–Crippen LogP) is 8.67. The quantitative estimate of drug-likeness (QED) is 0.247. The van der Waals surface area contributed by atoms with E-state index < -0.39 is 0 Å². The van der Waals surface area contributed by atoms with Crippen molar-refractivity contribution in [1.82, 2.24) is 5.32 Å². The molecule has 0 bridgehead atoms. The van der Waals surface area contributed by atoms with Gasteiger partial charge in [-0.2, -0.15) is 0 Å². The number of benzene rings is 5. The molecular formula is C34H33N. The molecule has 0 saturated heterocycles. The molecule has 5 aromatic carbocycles. The lowest BCUT2D eigenvalue weighted by Crippen LogP contribution is -2.31. The van der Waals surface area contributed by atoms with Crippen LogP contribution >= 0.6 is 0 Å². The summed E-state index contributed by atoms with van der Waals surface area (Å²) >= 11 is 0. The standard InChI is InChI=1S/C34H33N/c1-25-14-18-31(19-15-25)34(13-7-8-27-16-20-29-9-3-5-11-32(29)22-27)26(2)35-24-28-17-21-30-10-4-6-12-33(30)23-28/h3-12,14-23,26,34-35H,13,24H2,1-2H3. The Balaban J connectivity index is 1.31. The molecule has 0 spiro atoms. The average molecular weight is 456 g/mol. The van der Waals surface area contributed by atoms with Crippen molar-refractivity contribution in [1.29, 1.82) is 0 Å². The third-order valence-electron chi connectivity index (χ3n) is 7.02. The van der Waals surface area contributed by atoms with Gasteiger partial charge in [-0.05, 0) is 70.6 Å².